The highest BCUT2D eigenvalue weighted by Gasteiger charge is 2.12. The van der Waals surface area contributed by atoms with Gasteiger partial charge in [-0.05, 0) is 25.7 Å². The normalized spacial score (nSPS) is 16.9. The second-order valence-electron chi connectivity index (χ2n) is 3.32. The van der Waals surface area contributed by atoms with Gasteiger partial charge in [0.05, 0.1) is 6.04 Å². The number of aliphatic hydroxyl groups is 1. The highest BCUT2D eigenvalue weighted by molar-refractivity contribution is 5.81. The monoisotopic (exact) mass is 219 g/mol. The standard InChI is InChI=1S/C8H19N4O3/c9-3-1-5(10)7(13)12-4-2-6(11)8(14)15/h5-6,8,14H,1-4,9-11H2,(H,12,13)/q-1. The van der Waals surface area contributed by atoms with Crippen LogP contribution in [-0.4, -0.2) is 42.5 Å². The van der Waals surface area contributed by atoms with Crippen molar-refractivity contribution in [3.8, 4) is 0 Å². The molecule has 0 aromatic rings. The van der Waals surface area contributed by atoms with Crippen LogP contribution in [0.1, 0.15) is 12.8 Å². The molecule has 0 rings (SSSR count). The van der Waals surface area contributed by atoms with Gasteiger partial charge < -0.3 is 32.7 Å². The van der Waals surface area contributed by atoms with E-state index in [1.54, 1.807) is 0 Å². The van der Waals surface area contributed by atoms with E-state index in [-0.39, 0.29) is 18.9 Å². The number of nitrogens with one attached hydrogen (secondary N) is 1. The van der Waals surface area contributed by atoms with Crippen molar-refractivity contribution in [2.45, 2.75) is 31.2 Å². The molecule has 15 heavy (non-hydrogen) atoms. The van der Waals surface area contributed by atoms with Gasteiger partial charge in [-0.1, -0.05) is 0 Å². The third-order valence-electron chi connectivity index (χ3n) is 1.96. The van der Waals surface area contributed by atoms with E-state index in [1.807, 2.05) is 0 Å². The molecule has 3 unspecified atom stereocenters. The highest BCUT2D eigenvalue weighted by Crippen LogP contribution is 1.90. The third-order valence-corrected chi connectivity index (χ3v) is 1.96. The molecule has 0 aromatic heterocycles. The van der Waals surface area contributed by atoms with Crippen molar-refractivity contribution in [1.29, 1.82) is 0 Å². The van der Waals surface area contributed by atoms with Crippen molar-refractivity contribution < 1.29 is 15.0 Å². The predicted molar refractivity (Wildman–Crippen MR) is 53.3 cm³/mol. The van der Waals surface area contributed by atoms with Crippen LogP contribution >= 0.6 is 0 Å². The fourth-order valence-electron chi connectivity index (χ4n) is 0.946. The summed E-state index contributed by atoms with van der Waals surface area (Å²) in [4.78, 5) is 11.2. The fraction of sp³-hybridized carbons (Fsp3) is 0.875. The van der Waals surface area contributed by atoms with Gasteiger partial charge >= 0.3 is 0 Å². The molecule has 7 nitrogen and oxygen atoms in total. The van der Waals surface area contributed by atoms with E-state index in [4.69, 9.17) is 22.3 Å². The molecule has 0 saturated heterocycles. The van der Waals surface area contributed by atoms with Gasteiger partial charge in [-0.25, -0.2) is 0 Å². The molecule has 90 valence electrons. The van der Waals surface area contributed by atoms with Gasteiger partial charge in [0, 0.05) is 12.6 Å². The fourth-order valence-corrected chi connectivity index (χ4v) is 0.946. The number of carbonyl (C=O) groups is 1. The topological polar surface area (TPSA) is 150 Å². The Morgan fingerprint density at radius 1 is 1.40 bits per heavy atom. The quantitative estimate of drug-likeness (QED) is 0.277. The summed E-state index contributed by atoms with van der Waals surface area (Å²) >= 11 is 0. The Bertz CT molecular complexity index is 189. The summed E-state index contributed by atoms with van der Waals surface area (Å²) in [5.41, 5.74) is 16.0. The summed E-state index contributed by atoms with van der Waals surface area (Å²) < 4.78 is 0. The maximum absolute atomic E-state index is 11.2. The van der Waals surface area contributed by atoms with Crippen LogP contribution in [0.15, 0.2) is 0 Å². The molecule has 0 fully saturated rings. The van der Waals surface area contributed by atoms with E-state index >= 15 is 0 Å². The number of amides is 1. The highest BCUT2D eigenvalue weighted by atomic mass is 16.5. The Labute approximate surface area is 88.6 Å². The Kier molecular flexibility index (Phi) is 7.18. The van der Waals surface area contributed by atoms with E-state index < -0.39 is 18.4 Å². The minimum atomic E-state index is -1.82. The van der Waals surface area contributed by atoms with Gasteiger partial charge in [0.2, 0.25) is 5.91 Å². The van der Waals surface area contributed by atoms with E-state index in [0.29, 0.717) is 13.0 Å². The summed E-state index contributed by atoms with van der Waals surface area (Å²) in [7, 11) is 0. The molecule has 0 aliphatic heterocycles. The molecule has 8 N–H and O–H groups in total. The number of rotatable bonds is 7. The Hall–Kier alpha value is -0.730. The summed E-state index contributed by atoms with van der Waals surface area (Å²) in [5, 5.41) is 21.5. The number of aliphatic hydroxyl groups excluding tert-OH is 1. The largest absolute Gasteiger partial charge is 0.830 e. The Balaban J connectivity index is 3.63. The van der Waals surface area contributed by atoms with Gasteiger partial charge in [0.25, 0.3) is 0 Å². The van der Waals surface area contributed by atoms with E-state index in [2.05, 4.69) is 5.32 Å². The van der Waals surface area contributed by atoms with Crippen LogP contribution in [0.2, 0.25) is 0 Å². The number of nitrogens with two attached hydrogens (primary N) is 3. The maximum atomic E-state index is 11.2. The van der Waals surface area contributed by atoms with E-state index in [1.165, 1.54) is 0 Å². The molecule has 3 atom stereocenters. The molecule has 1 amide bonds. The zero-order valence-corrected chi connectivity index (χ0v) is 8.56. The lowest BCUT2D eigenvalue weighted by Crippen LogP contribution is -2.47. The molecule has 0 aliphatic carbocycles. The second kappa shape index (κ2) is 7.55. The molecule has 0 aromatic carbocycles. The lowest BCUT2D eigenvalue weighted by molar-refractivity contribution is -0.487. The average Bonchev–Trinajstić information content (AvgIpc) is 2.17. The first-order chi connectivity index (χ1) is 6.99. The Morgan fingerprint density at radius 3 is 2.47 bits per heavy atom. The maximum Gasteiger partial charge on any atom is 0.236 e. The van der Waals surface area contributed by atoms with Crippen LogP contribution in [0.3, 0.4) is 0 Å². The first-order valence-electron chi connectivity index (χ1n) is 4.81. The average molecular weight is 219 g/mol. The van der Waals surface area contributed by atoms with Crippen molar-refractivity contribution in [2.24, 2.45) is 17.2 Å². The minimum Gasteiger partial charge on any atom is -0.830 e. The summed E-state index contributed by atoms with van der Waals surface area (Å²) in [5.74, 6) is -0.326. The van der Waals surface area contributed by atoms with Crippen molar-refractivity contribution in [3.63, 3.8) is 0 Å². The van der Waals surface area contributed by atoms with Crippen molar-refractivity contribution in [3.05, 3.63) is 0 Å². The van der Waals surface area contributed by atoms with E-state index in [9.17, 15) is 9.90 Å². The molecule has 7 heteroatoms. The molecule has 0 bridgehead atoms. The van der Waals surface area contributed by atoms with Gasteiger partial charge in [-0.3, -0.25) is 4.79 Å². The zero-order valence-electron chi connectivity index (χ0n) is 8.56. The molecular weight excluding hydrogens is 200 g/mol. The minimum absolute atomic E-state index is 0.214. The Morgan fingerprint density at radius 2 is 2.00 bits per heavy atom. The van der Waals surface area contributed by atoms with Crippen molar-refractivity contribution in [1.82, 2.24) is 5.32 Å². The zero-order chi connectivity index (χ0) is 11.8. The molecule has 0 spiro atoms. The SMILES string of the molecule is NCCC(N)C(=O)NCCC(N)C([O-])O. The third kappa shape index (κ3) is 6.37. The molecule has 0 aliphatic rings. The van der Waals surface area contributed by atoms with Gasteiger partial charge in [-0.15, -0.1) is 0 Å². The number of carbonyl (C=O) groups excluding carboxylic acids is 1. The first kappa shape index (κ1) is 14.3. The van der Waals surface area contributed by atoms with Gasteiger partial charge in [0.15, 0.2) is 0 Å². The van der Waals surface area contributed by atoms with Crippen LogP contribution in [0.4, 0.5) is 0 Å². The molecule has 0 saturated carbocycles. The molecular formula is C8H19N4O3-. The summed E-state index contributed by atoms with van der Waals surface area (Å²) in [6.45, 7) is 0.560. The van der Waals surface area contributed by atoms with Crippen LogP contribution < -0.4 is 27.6 Å². The van der Waals surface area contributed by atoms with Crippen LogP contribution in [0.25, 0.3) is 0 Å². The lowest BCUT2D eigenvalue weighted by Gasteiger charge is -2.23. The summed E-state index contributed by atoms with van der Waals surface area (Å²) in [6, 6.07) is -1.51. The van der Waals surface area contributed by atoms with Crippen molar-refractivity contribution in [2.75, 3.05) is 13.1 Å². The molecule has 0 radical (unpaired) electrons. The smallest absolute Gasteiger partial charge is 0.236 e. The molecule has 0 heterocycles. The number of hydrogen-bond acceptors (Lipinski definition) is 6. The van der Waals surface area contributed by atoms with Gasteiger partial charge in [-0.2, -0.15) is 0 Å². The van der Waals surface area contributed by atoms with Crippen LogP contribution in [0, 0.1) is 0 Å². The van der Waals surface area contributed by atoms with Crippen molar-refractivity contribution >= 4 is 5.91 Å². The van der Waals surface area contributed by atoms with Crippen LogP contribution in [0.5, 0.6) is 0 Å². The number of hydrogen-bond donors (Lipinski definition) is 5. The van der Waals surface area contributed by atoms with Crippen LogP contribution in [-0.2, 0) is 4.79 Å². The lowest BCUT2D eigenvalue weighted by atomic mass is 10.2. The predicted octanol–water partition coefficient (Wildman–Crippen LogP) is -3.83. The van der Waals surface area contributed by atoms with Gasteiger partial charge in [0.1, 0.15) is 0 Å². The first-order valence-corrected chi connectivity index (χ1v) is 4.81. The second-order valence-corrected chi connectivity index (χ2v) is 3.32. The summed E-state index contributed by atoms with van der Waals surface area (Å²) in [6.07, 6.45) is -1.20. The van der Waals surface area contributed by atoms with E-state index in [0.717, 1.165) is 0 Å².